The predicted octanol–water partition coefficient (Wildman–Crippen LogP) is 1.09. The molecule has 1 fully saturated rings. The van der Waals surface area contributed by atoms with Crippen LogP contribution >= 0.6 is 0 Å². The Morgan fingerprint density at radius 1 is 1.00 bits per heavy atom. The highest BCUT2D eigenvalue weighted by molar-refractivity contribution is 6.17. The van der Waals surface area contributed by atoms with Crippen molar-refractivity contribution in [3.8, 4) is 0 Å². The van der Waals surface area contributed by atoms with E-state index in [9.17, 15) is 19.2 Å². The second-order valence-corrected chi connectivity index (χ2v) is 8.07. The van der Waals surface area contributed by atoms with E-state index in [4.69, 9.17) is 9.84 Å². The lowest BCUT2D eigenvalue weighted by atomic mass is 10.1. The first kappa shape index (κ1) is 24.0. The van der Waals surface area contributed by atoms with Crippen LogP contribution in [0.3, 0.4) is 0 Å². The summed E-state index contributed by atoms with van der Waals surface area (Å²) in [7, 11) is 1.28. The summed E-state index contributed by atoms with van der Waals surface area (Å²) in [5.41, 5.74) is 2.13. The third kappa shape index (κ3) is 5.02. The molecule has 35 heavy (non-hydrogen) atoms. The number of nitrogens with one attached hydrogen (secondary N) is 1. The molecule has 0 atom stereocenters. The molecule has 1 saturated heterocycles. The summed E-state index contributed by atoms with van der Waals surface area (Å²) in [5, 5.41) is 12.1. The van der Waals surface area contributed by atoms with Crippen LogP contribution in [0.2, 0.25) is 0 Å². The number of imide groups is 1. The number of carbonyl (C=O) groups is 4. The first-order chi connectivity index (χ1) is 16.9. The van der Waals surface area contributed by atoms with E-state index >= 15 is 0 Å². The van der Waals surface area contributed by atoms with E-state index in [-0.39, 0.29) is 30.3 Å². The molecule has 2 aliphatic rings. The van der Waals surface area contributed by atoms with Crippen molar-refractivity contribution in [2.75, 3.05) is 56.7 Å². The minimum atomic E-state index is -0.559. The topological polar surface area (TPSA) is 119 Å². The monoisotopic (exact) mass is 478 g/mol. The number of benzene rings is 2. The molecule has 0 bridgehead atoms. The summed E-state index contributed by atoms with van der Waals surface area (Å²) in [6.45, 7) is 1.62. The summed E-state index contributed by atoms with van der Waals surface area (Å²) >= 11 is 0. The molecule has 0 radical (unpaired) electrons. The summed E-state index contributed by atoms with van der Waals surface area (Å²) in [5.74, 6) is -1.65. The van der Waals surface area contributed by atoms with Crippen LogP contribution in [0.15, 0.2) is 60.3 Å². The highest BCUT2D eigenvalue weighted by atomic mass is 16.5. The number of carbonyl (C=O) groups excluding carboxylic acids is 4. The van der Waals surface area contributed by atoms with Crippen LogP contribution in [0.5, 0.6) is 0 Å². The van der Waals surface area contributed by atoms with Crippen molar-refractivity contribution in [2.24, 2.45) is 0 Å². The van der Waals surface area contributed by atoms with Gasteiger partial charge < -0.3 is 25.0 Å². The molecule has 10 heteroatoms. The number of ether oxygens (including phenoxy) is 1. The molecule has 2 aromatic carbocycles. The van der Waals surface area contributed by atoms with Gasteiger partial charge in [-0.2, -0.15) is 0 Å². The van der Waals surface area contributed by atoms with E-state index in [1.807, 2.05) is 23.1 Å². The molecule has 10 nitrogen and oxygen atoms in total. The first-order valence-corrected chi connectivity index (χ1v) is 11.2. The van der Waals surface area contributed by atoms with Crippen molar-refractivity contribution in [3.63, 3.8) is 0 Å². The number of β-amino-alcohol motifs (C(OH)–C–C–N with tert-alkyl or cyclic N) is 1. The maximum atomic E-state index is 12.8. The first-order valence-electron chi connectivity index (χ1n) is 11.2. The van der Waals surface area contributed by atoms with Crippen LogP contribution in [-0.4, -0.2) is 85.0 Å². The lowest BCUT2D eigenvalue weighted by Crippen LogP contribution is -2.49. The van der Waals surface area contributed by atoms with E-state index in [1.165, 1.54) is 13.2 Å². The smallest absolute Gasteiger partial charge is 0.337 e. The van der Waals surface area contributed by atoms with Crippen molar-refractivity contribution in [1.29, 1.82) is 0 Å². The second kappa shape index (κ2) is 10.4. The Kier molecular flexibility index (Phi) is 7.11. The van der Waals surface area contributed by atoms with Crippen LogP contribution in [0.1, 0.15) is 20.7 Å². The summed E-state index contributed by atoms with van der Waals surface area (Å²) < 4.78 is 4.82. The fourth-order valence-corrected chi connectivity index (χ4v) is 4.13. The van der Waals surface area contributed by atoms with Gasteiger partial charge >= 0.3 is 5.97 Å². The van der Waals surface area contributed by atoms with Gasteiger partial charge in [0.2, 0.25) is 0 Å². The van der Waals surface area contributed by atoms with Crippen molar-refractivity contribution >= 4 is 35.1 Å². The third-order valence-corrected chi connectivity index (χ3v) is 5.95. The van der Waals surface area contributed by atoms with Crippen molar-refractivity contribution in [2.45, 2.75) is 0 Å². The summed E-state index contributed by atoms with van der Waals surface area (Å²) in [6.07, 6.45) is 1.17. The van der Waals surface area contributed by atoms with Crippen LogP contribution in [0, 0.1) is 0 Å². The molecular weight excluding hydrogens is 452 g/mol. The Hall–Kier alpha value is -4.18. The van der Waals surface area contributed by atoms with E-state index in [0.29, 0.717) is 43.1 Å². The number of anilines is 2. The number of amides is 3. The highest BCUT2D eigenvalue weighted by Gasteiger charge is 2.32. The average molecular weight is 479 g/mol. The summed E-state index contributed by atoms with van der Waals surface area (Å²) in [6, 6.07) is 14.0. The largest absolute Gasteiger partial charge is 0.465 e. The van der Waals surface area contributed by atoms with Gasteiger partial charge in [-0.1, -0.05) is 18.2 Å². The predicted molar refractivity (Wildman–Crippen MR) is 128 cm³/mol. The van der Waals surface area contributed by atoms with Crippen LogP contribution in [-0.2, 0) is 14.3 Å². The normalized spacial score (nSPS) is 15.8. The number of hydrogen-bond acceptors (Lipinski definition) is 8. The van der Waals surface area contributed by atoms with E-state index < -0.39 is 17.8 Å². The van der Waals surface area contributed by atoms with Gasteiger partial charge in [0, 0.05) is 37.8 Å². The Balaban J connectivity index is 1.55. The molecule has 0 aromatic heterocycles. The van der Waals surface area contributed by atoms with Gasteiger partial charge in [0.15, 0.2) is 0 Å². The van der Waals surface area contributed by atoms with Crippen LogP contribution < -0.4 is 10.2 Å². The Labute approximate surface area is 202 Å². The van der Waals surface area contributed by atoms with Gasteiger partial charge in [-0.15, -0.1) is 0 Å². The molecule has 2 heterocycles. The molecule has 3 amide bonds. The number of aliphatic hydroxyl groups excluding tert-OH is 1. The fraction of sp³-hybridized carbons (Fsp3) is 0.280. The van der Waals surface area contributed by atoms with E-state index in [0.717, 1.165) is 4.90 Å². The molecule has 2 aliphatic heterocycles. The molecule has 4 rings (SSSR count). The number of aliphatic hydroxyl groups is 1. The Morgan fingerprint density at radius 3 is 2.37 bits per heavy atom. The van der Waals surface area contributed by atoms with Gasteiger partial charge in [0.1, 0.15) is 5.70 Å². The second-order valence-electron chi connectivity index (χ2n) is 8.07. The van der Waals surface area contributed by atoms with Gasteiger partial charge in [-0.05, 0) is 30.3 Å². The molecule has 2 N–H and O–H groups in total. The van der Waals surface area contributed by atoms with Gasteiger partial charge in [0.25, 0.3) is 17.7 Å². The highest BCUT2D eigenvalue weighted by Crippen LogP contribution is 2.31. The molecular formula is C25H26N4O6. The zero-order valence-electron chi connectivity index (χ0n) is 19.3. The maximum Gasteiger partial charge on any atom is 0.337 e. The average Bonchev–Trinajstić information content (AvgIpc) is 3.16. The van der Waals surface area contributed by atoms with Crippen molar-refractivity contribution in [1.82, 2.24) is 9.80 Å². The van der Waals surface area contributed by atoms with Crippen LogP contribution in [0.4, 0.5) is 11.4 Å². The standard InChI is InChI=1S/C25H26N4O6/c1-35-25(34)18-7-8-21(19(15-18)26-20-16-22(31)29(13-14-30)24(20)33)27-9-11-28(12-10-27)23(32)17-5-3-2-4-6-17/h2-8,15-16,26,30H,9-14H2,1H3. The molecule has 2 aromatic rings. The molecule has 182 valence electrons. The molecule has 0 spiro atoms. The zero-order valence-corrected chi connectivity index (χ0v) is 19.3. The van der Waals surface area contributed by atoms with E-state index in [2.05, 4.69) is 5.32 Å². The third-order valence-electron chi connectivity index (χ3n) is 5.95. The number of piperazine rings is 1. The zero-order chi connectivity index (χ0) is 24.9. The molecule has 0 saturated carbocycles. The van der Waals surface area contributed by atoms with E-state index in [1.54, 1.807) is 35.2 Å². The lowest BCUT2D eigenvalue weighted by molar-refractivity contribution is -0.137. The Bertz CT molecular complexity index is 1170. The van der Waals surface area contributed by atoms with Gasteiger partial charge in [0.05, 0.1) is 37.2 Å². The summed E-state index contributed by atoms with van der Waals surface area (Å²) in [4.78, 5) is 54.5. The fourth-order valence-electron chi connectivity index (χ4n) is 4.13. The number of hydrogen-bond donors (Lipinski definition) is 2. The number of rotatable bonds is 7. The van der Waals surface area contributed by atoms with Crippen LogP contribution in [0.25, 0.3) is 0 Å². The molecule has 0 aliphatic carbocycles. The van der Waals surface area contributed by atoms with Crippen molar-refractivity contribution in [3.05, 3.63) is 71.4 Å². The number of esters is 1. The van der Waals surface area contributed by atoms with Crippen molar-refractivity contribution < 1.29 is 29.0 Å². The number of nitrogens with zero attached hydrogens (tertiary/aromatic N) is 3. The number of methoxy groups -OCH3 is 1. The minimum absolute atomic E-state index is 0.0335. The van der Waals surface area contributed by atoms with Gasteiger partial charge in [-0.25, -0.2) is 4.79 Å². The minimum Gasteiger partial charge on any atom is -0.465 e. The SMILES string of the molecule is COC(=O)c1ccc(N2CCN(C(=O)c3ccccc3)CC2)c(NC2=CC(=O)N(CCO)C2=O)c1. The molecule has 0 unspecified atom stereocenters. The Morgan fingerprint density at radius 2 is 1.71 bits per heavy atom. The quantitative estimate of drug-likeness (QED) is 0.449. The lowest BCUT2D eigenvalue weighted by Gasteiger charge is -2.37. The maximum absolute atomic E-state index is 12.8. The van der Waals surface area contributed by atoms with Gasteiger partial charge in [-0.3, -0.25) is 19.3 Å².